The molecule has 0 aromatic carbocycles. The van der Waals surface area contributed by atoms with E-state index in [1.807, 2.05) is 0 Å². The first-order chi connectivity index (χ1) is 35.7. The summed E-state index contributed by atoms with van der Waals surface area (Å²) in [5.41, 5.74) is 17.2. The van der Waals surface area contributed by atoms with Gasteiger partial charge in [0, 0.05) is 34.7 Å². The number of unbranched alkanes of at least 4 members (excludes halogenated alkanes) is 2. The first-order valence-corrected chi connectivity index (χ1v) is 25.1. The lowest BCUT2D eigenvalue weighted by molar-refractivity contribution is -0.273. The summed E-state index contributed by atoms with van der Waals surface area (Å²) in [4.78, 5) is 119. The molecule has 0 aromatic rings. The highest BCUT2D eigenvalue weighted by atomic mass is 16.7. The molecule has 20 N–H and O–H groups in total. The highest BCUT2D eigenvalue weighted by Crippen LogP contribution is 2.26. The fourth-order valence-corrected chi connectivity index (χ4v) is 7.95. The van der Waals surface area contributed by atoms with E-state index in [4.69, 9.17) is 36.1 Å². The predicted octanol–water partition coefficient (Wildman–Crippen LogP) is -7.15. The summed E-state index contributed by atoms with van der Waals surface area (Å²) in [6.45, 7) is 6.95. The van der Waals surface area contributed by atoms with Gasteiger partial charge >= 0.3 is 5.97 Å². The van der Waals surface area contributed by atoms with Crippen molar-refractivity contribution in [1.82, 2.24) is 42.5 Å². The van der Waals surface area contributed by atoms with Crippen molar-refractivity contribution in [2.24, 2.45) is 23.1 Å². The zero-order valence-electron chi connectivity index (χ0n) is 44.5. The van der Waals surface area contributed by atoms with Gasteiger partial charge in [0.15, 0.2) is 18.6 Å². The van der Waals surface area contributed by atoms with Crippen molar-refractivity contribution in [3.05, 3.63) is 0 Å². The van der Waals surface area contributed by atoms with Crippen molar-refractivity contribution in [2.45, 2.75) is 190 Å². The van der Waals surface area contributed by atoms with Gasteiger partial charge in [-0.05, 0) is 71.4 Å². The third-order valence-electron chi connectivity index (χ3n) is 12.2. The highest BCUT2D eigenvalue weighted by Gasteiger charge is 2.49. The van der Waals surface area contributed by atoms with Crippen LogP contribution in [0.3, 0.4) is 0 Å². The van der Waals surface area contributed by atoms with Crippen LogP contribution in [0.25, 0.3) is 0 Å². The normalized spacial score (nSPS) is 21.8. The highest BCUT2D eigenvalue weighted by molar-refractivity contribution is 5.98. The zero-order chi connectivity index (χ0) is 58.0. The first kappa shape index (κ1) is 68.8. The minimum absolute atomic E-state index is 0.0966. The molecule has 1 saturated heterocycles. The second-order valence-electron chi connectivity index (χ2n) is 18.8. The van der Waals surface area contributed by atoms with Gasteiger partial charge in [0.05, 0.1) is 31.3 Å². The van der Waals surface area contributed by atoms with E-state index in [0.717, 1.165) is 27.9 Å². The average molecular weight is 1100 g/mol. The number of carboxylic acids is 1. The minimum atomic E-state index is -1.94. The monoisotopic (exact) mass is 1100 g/mol. The Morgan fingerprint density at radius 3 is 1.75 bits per heavy atom. The lowest BCUT2D eigenvalue weighted by atomic mass is 9.94. The topological polar surface area (TPSA) is 486 Å². The van der Waals surface area contributed by atoms with Crippen LogP contribution in [0, 0.1) is 5.92 Å². The lowest BCUT2D eigenvalue weighted by Gasteiger charge is -2.46. The standard InChI is InChI=1S/C46H85N11O19/c1-21(2)32(56-40(67)26(49)13-9-11-16-47)43(70)50-22(3)39(66)54-28(42(69)53-27(14-10-12-17-48)41(68)57-33(23(4)60)45(71)72)19-31(63)55-44-34(51-24(5)61)37(65)38(30(20-59)75-44)76-46(74-8)35(52-25(6)62)36(64)29(73-7)15-18-58/h21-23,26-30,32-38,44,46,58-60,64-65H,9-20,47-49H2,1-8H3,(H,50,70)(H,51,61)(H,52,62)(H,53,69)(H,54,66)(H,55,63)(H,56,67)(H,57,68)(H,71,72)/t22?,23?,26?,27?,28?,29-,30?,32?,33?,34+,35+,36?,37-,38-,44?,46+/m1/s1. The van der Waals surface area contributed by atoms with E-state index in [0.29, 0.717) is 25.8 Å². The maximum Gasteiger partial charge on any atom is 0.328 e. The number of methoxy groups -OCH3 is 2. The first-order valence-electron chi connectivity index (χ1n) is 25.1. The van der Waals surface area contributed by atoms with Crippen LogP contribution in [0.4, 0.5) is 0 Å². The Hall–Kier alpha value is -5.25. The summed E-state index contributed by atoms with van der Waals surface area (Å²) in [5.74, 6) is -9.49. The average Bonchev–Trinajstić information content (AvgIpc) is 3.34. The van der Waals surface area contributed by atoms with Crippen molar-refractivity contribution in [1.29, 1.82) is 0 Å². The van der Waals surface area contributed by atoms with Crippen LogP contribution in [0.2, 0.25) is 0 Å². The molecule has 1 fully saturated rings. The number of carboxylic acid groups (broad SMARTS) is 1. The summed E-state index contributed by atoms with van der Waals surface area (Å²) >= 11 is 0. The molecular weight excluding hydrogens is 1010 g/mol. The predicted molar refractivity (Wildman–Crippen MR) is 267 cm³/mol. The molecule has 0 aromatic heterocycles. The van der Waals surface area contributed by atoms with Gasteiger partial charge in [-0.2, -0.15) is 0 Å². The molecule has 0 saturated carbocycles. The van der Waals surface area contributed by atoms with Crippen LogP contribution in [-0.2, 0) is 62.1 Å². The minimum Gasteiger partial charge on any atom is -0.480 e. The van der Waals surface area contributed by atoms with Crippen LogP contribution >= 0.6 is 0 Å². The maximum atomic E-state index is 14.2. The Morgan fingerprint density at radius 1 is 0.671 bits per heavy atom. The van der Waals surface area contributed by atoms with Crippen LogP contribution in [0.1, 0.15) is 92.9 Å². The Kier molecular flexibility index (Phi) is 31.9. The number of ether oxygens (including phenoxy) is 4. The molecule has 0 aliphatic carbocycles. The molecule has 1 aliphatic rings. The van der Waals surface area contributed by atoms with Gasteiger partial charge in [0.25, 0.3) is 0 Å². The Bertz CT molecular complexity index is 1870. The molecule has 0 radical (unpaired) electrons. The SMILES string of the molecule is CO[C@@H](O[C@@H]1C(CO)OC(NC(=O)CC(NC(=O)C(C)NC(=O)C(NC(=O)C(N)CCCCN)C(C)C)C(=O)NC(CCCCN)C(=O)NC(C(=O)O)C(C)O)[C@@H](NC(C)=O)[C@H]1O)[C@@H](NC(C)=O)C(O)[C@@H](CCO)OC. The number of hydrogen-bond acceptors (Lipinski definition) is 21. The summed E-state index contributed by atoms with van der Waals surface area (Å²) in [6.07, 6.45) is -12.1. The molecule has 1 aliphatic heterocycles. The molecule has 76 heavy (non-hydrogen) atoms. The summed E-state index contributed by atoms with van der Waals surface area (Å²) in [6, 6.07) is -12.0. The number of amides is 8. The van der Waals surface area contributed by atoms with E-state index in [9.17, 15) is 73.8 Å². The van der Waals surface area contributed by atoms with Crippen LogP contribution in [0.5, 0.6) is 0 Å². The van der Waals surface area contributed by atoms with Crippen LogP contribution < -0.4 is 59.7 Å². The van der Waals surface area contributed by atoms with Crippen molar-refractivity contribution in [3.63, 3.8) is 0 Å². The number of nitrogens with one attached hydrogen (secondary N) is 8. The van der Waals surface area contributed by atoms with Gasteiger partial charge in [-0.15, -0.1) is 0 Å². The van der Waals surface area contributed by atoms with E-state index in [1.165, 1.54) is 14.0 Å². The molecule has 30 heteroatoms. The van der Waals surface area contributed by atoms with E-state index >= 15 is 0 Å². The molecule has 438 valence electrons. The van der Waals surface area contributed by atoms with Gasteiger partial charge in [0.1, 0.15) is 60.7 Å². The molecule has 1 rings (SSSR count). The maximum absolute atomic E-state index is 14.2. The molecule has 0 spiro atoms. The number of aliphatic hydroxyl groups excluding tert-OH is 5. The second-order valence-corrected chi connectivity index (χ2v) is 18.8. The molecule has 1 heterocycles. The largest absolute Gasteiger partial charge is 0.480 e. The molecular formula is C46H85N11O19. The van der Waals surface area contributed by atoms with Crippen LogP contribution in [0.15, 0.2) is 0 Å². The van der Waals surface area contributed by atoms with Gasteiger partial charge in [-0.3, -0.25) is 38.4 Å². The Balaban J connectivity index is 3.70. The van der Waals surface area contributed by atoms with Crippen molar-refractivity contribution in [3.8, 4) is 0 Å². The van der Waals surface area contributed by atoms with E-state index in [-0.39, 0.29) is 32.2 Å². The number of hydrogen-bond donors (Lipinski definition) is 17. The smallest absolute Gasteiger partial charge is 0.328 e. The molecule has 10 unspecified atom stereocenters. The summed E-state index contributed by atoms with van der Waals surface area (Å²) in [7, 11) is 2.37. The van der Waals surface area contributed by atoms with Gasteiger partial charge in [0.2, 0.25) is 47.3 Å². The fraction of sp³-hybridized carbons (Fsp3) is 0.804. The number of nitrogens with two attached hydrogens (primary N) is 3. The van der Waals surface area contributed by atoms with Crippen molar-refractivity contribution in [2.75, 3.05) is 40.5 Å². The van der Waals surface area contributed by atoms with Crippen molar-refractivity contribution >= 4 is 53.2 Å². The van der Waals surface area contributed by atoms with Crippen molar-refractivity contribution < 1.29 is 92.7 Å². The lowest BCUT2D eigenvalue weighted by Crippen LogP contribution is -2.70. The Morgan fingerprint density at radius 2 is 1.25 bits per heavy atom. The molecule has 8 amide bonds. The van der Waals surface area contributed by atoms with E-state index < -0.39 is 176 Å². The third-order valence-corrected chi connectivity index (χ3v) is 12.2. The molecule has 0 bridgehead atoms. The summed E-state index contributed by atoms with van der Waals surface area (Å²) < 4.78 is 22.7. The number of aliphatic hydroxyl groups is 5. The Labute approximate surface area is 441 Å². The number of carbonyl (C=O) groups is 9. The van der Waals surface area contributed by atoms with E-state index in [2.05, 4.69) is 42.5 Å². The third kappa shape index (κ3) is 22.8. The quantitative estimate of drug-likeness (QED) is 0.0205. The summed E-state index contributed by atoms with van der Waals surface area (Å²) in [5, 5.41) is 82.0. The zero-order valence-corrected chi connectivity index (χ0v) is 44.5. The number of aliphatic carboxylic acids is 1. The van der Waals surface area contributed by atoms with Crippen LogP contribution in [-0.4, -0.2) is 222 Å². The van der Waals surface area contributed by atoms with Gasteiger partial charge in [-0.1, -0.05) is 20.3 Å². The van der Waals surface area contributed by atoms with Gasteiger partial charge < -0.3 is 109 Å². The number of rotatable bonds is 36. The fourth-order valence-electron chi connectivity index (χ4n) is 7.95. The molecule has 16 atom stereocenters. The van der Waals surface area contributed by atoms with Gasteiger partial charge in [-0.25, -0.2) is 4.79 Å². The second kappa shape index (κ2) is 35.2. The number of carbonyl (C=O) groups excluding carboxylic acids is 8. The van der Waals surface area contributed by atoms with E-state index in [1.54, 1.807) is 13.8 Å². The molecule has 30 nitrogen and oxygen atoms in total.